The van der Waals surface area contributed by atoms with Crippen LogP contribution in [0.4, 0.5) is 5.69 Å². The third kappa shape index (κ3) is 5.38. The zero-order valence-electron chi connectivity index (χ0n) is 11.3. The van der Waals surface area contributed by atoms with Crippen molar-refractivity contribution in [2.75, 3.05) is 38.2 Å². The number of nitrogens with one attached hydrogen (secondary N) is 1. The van der Waals surface area contributed by atoms with Crippen molar-refractivity contribution in [3.63, 3.8) is 0 Å². The molecule has 0 atom stereocenters. The van der Waals surface area contributed by atoms with Crippen LogP contribution in [0.1, 0.15) is 12.5 Å². The quantitative estimate of drug-likeness (QED) is 0.640. The summed E-state index contributed by atoms with van der Waals surface area (Å²) < 4.78 is 0. The van der Waals surface area contributed by atoms with E-state index in [0.717, 1.165) is 17.7 Å². The summed E-state index contributed by atoms with van der Waals surface area (Å²) in [5.74, 6) is -0.136. The highest BCUT2D eigenvalue weighted by atomic mass is 16.3. The van der Waals surface area contributed by atoms with Crippen molar-refractivity contribution in [1.29, 1.82) is 0 Å². The minimum Gasteiger partial charge on any atom is -0.395 e. The molecule has 0 aliphatic heterocycles. The molecule has 0 aromatic heterocycles. The lowest BCUT2D eigenvalue weighted by atomic mass is 10.1. The van der Waals surface area contributed by atoms with Gasteiger partial charge in [-0.3, -0.25) is 9.69 Å². The molecule has 19 heavy (non-hydrogen) atoms. The van der Waals surface area contributed by atoms with Crippen LogP contribution in [0.5, 0.6) is 0 Å². The third-order valence-electron chi connectivity index (χ3n) is 2.87. The van der Waals surface area contributed by atoms with Gasteiger partial charge >= 0.3 is 0 Å². The number of para-hydroxylation sites is 1. The number of aryl methyl sites for hydroxylation is 1. The van der Waals surface area contributed by atoms with E-state index in [1.165, 1.54) is 0 Å². The summed E-state index contributed by atoms with van der Waals surface area (Å²) >= 11 is 0. The zero-order valence-corrected chi connectivity index (χ0v) is 11.3. The van der Waals surface area contributed by atoms with Gasteiger partial charge in [-0.05, 0) is 18.1 Å². The summed E-state index contributed by atoms with van der Waals surface area (Å²) in [5, 5.41) is 20.7. The molecular weight excluding hydrogens is 244 g/mol. The summed E-state index contributed by atoms with van der Waals surface area (Å²) in [6, 6.07) is 7.68. The van der Waals surface area contributed by atoms with Gasteiger partial charge in [0.25, 0.3) is 0 Å². The molecule has 1 aromatic rings. The second-order valence-electron chi connectivity index (χ2n) is 4.28. The zero-order chi connectivity index (χ0) is 14.1. The fourth-order valence-electron chi connectivity index (χ4n) is 1.90. The van der Waals surface area contributed by atoms with Crippen LogP contribution in [-0.2, 0) is 11.2 Å². The largest absolute Gasteiger partial charge is 0.395 e. The lowest BCUT2D eigenvalue weighted by Crippen LogP contribution is -2.37. The van der Waals surface area contributed by atoms with Crippen molar-refractivity contribution in [3.8, 4) is 0 Å². The van der Waals surface area contributed by atoms with Crippen LogP contribution in [0.3, 0.4) is 0 Å². The summed E-state index contributed by atoms with van der Waals surface area (Å²) in [5.41, 5.74) is 1.91. The topological polar surface area (TPSA) is 72.8 Å². The normalized spacial score (nSPS) is 10.7. The fraction of sp³-hybridized carbons (Fsp3) is 0.500. The van der Waals surface area contributed by atoms with Gasteiger partial charge in [-0.1, -0.05) is 25.1 Å². The Balaban J connectivity index is 2.58. The van der Waals surface area contributed by atoms with Gasteiger partial charge in [0, 0.05) is 18.8 Å². The monoisotopic (exact) mass is 266 g/mol. The van der Waals surface area contributed by atoms with E-state index in [1.54, 1.807) is 4.90 Å². The first kappa shape index (κ1) is 15.6. The average Bonchev–Trinajstić information content (AvgIpc) is 2.40. The SMILES string of the molecule is CCc1ccccc1NC(=O)CN(CCO)CCO. The molecule has 1 amide bonds. The fourth-order valence-corrected chi connectivity index (χ4v) is 1.90. The van der Waals surface area contributed by atoms with Crippen LogP contribution >= 0.6 is 0 Å². The van der Waals surface area contributed by atoms with Crippen LogP contribution in [0.2, 0.25) is 0 Å². The third-order valence-corrected chi connectivity index (χ3v) is 2.87. The number of aliphatic hydroxyl groups is 2. The lowest BCUT2D eigenvalue weighted by Gasteiger charge is -2.19. The molecule has 106 valence electrons. The first-order valence-corrected chi connectivity index (χ1v) is 6.53. The second kappa shape index (κ2) is 8.63. The number of nitrogens with zero attached hydrogens (tertiary/aromatic N) is 1. The molecule has 0 saturated carbocycles. The lowest BCUT2D eigenvalue weighted by molar-refractivity contribution is -0.117. The number of carbonyl (C=O) groups is 1. The highest BCUT2D eigenvalue weighted by molar-refractivity contribution is 5.93. The van der Waals surface area contributed by atoms with E-state index < -0.39 is 0 Å². The van der Waals surface area contributed by atoms with E-state index in [1.807, 2.05) is 31.2 Å². The number of amides is 1. The first-order valence-electron chi connectivity index (χ1n) is 6.53. The number of rotatable bonds is 8. The van der Waals surface area contributed by atoms with Crippen LogP contribution < -0.4 is 5.32 Å². The Bertz CT molecular complexity index is 390. The van der Waals surface area contributed by atoms with E-state index in [0.29, 0.717) is 13.1 Å². The highest BCUT2D eigenvalue weighted by Crippen LogP contribution is 2.15. The smallest absolute Gasteiger partial charge is 0.238 e. The Morgan fingerprint density at radius 1 is 1.21 bits per heavy atom. The number of carbonyl (C=O) groups excluding carboxylic acids is 1. The summed E-state index contributed by atoms with van der Waals surface area (Å²) in [6.45, 7) is 2.90. The Labute approximate surface area is 113 Å². The maximum Gasteiger partial charge on any atom is 0.238 e. The van der Waals surface area contributed by atoms with Gasteiger partial charge < -0.3 is 15.5 Å². The Hall–Kier alpha value is -1.43. The number of aliphatic hydroxyl groups excluding tert-OH is 2. The van der Waals surface area contributed by atoms with Gasteiger partial charge in [-0.25, -0.2) is 0 Å². The van der Waals surface area contributed by atoms with Crippen molar-refractivity contribution in [3.05, 3.63) is 29.8 Å². The van der Waals surface area contributed by atoms with Crippen molar-refractivity contribution in [2.45, 2.75) is 13.3 Å². The summed E-state index contributed by atoms with van der Waals surface area (Å²) in [7, 11) is 0. The molecule has 0 radical (unpaired) electrons. The summed E-state index contributed by atoms with van der Waals surface area (Å²) in [6.07, 6.45) is 0.855. The molecule has 5 heteroatoms. The predicted molar refractivity (Wildman–Crippen MR) is 75.1 cm³/mol. The Morgan fingerprint density at radius 2 is 1.84 bits per heavy atom. The van der Waals surface area contributed by atoms with E-state index in [-0.39, 0.29) is 25.7 Å². The van der Waals surface area contributed by atoms with Crippen molar-refractivity contribution >= 4 is 11.6 Å². The van der Waals surface area contributed by atoms with Gasteiger partial charge in [-0.2, -0.15) is 0 Å². The highest BCUT2D eigenvalue weighted by Gasteiger charge is 2.11. The van der Waals surface area contributed by atoms with Crippen LogP contribution in [0.15, 0.2) is 24.3 Å². The molecular formula is C14H22N2O3. The molecule has 0 saturated heterocycles. The maximum atomic E-state index is 11.9. The number of hydrogen-bond acceptors (Lipinski definition) is 4. The molecule has 0 heterocycles. The number of hydrogen-bond donors (Lipinski definition) is 3. The van der Waals surface area contributed by atoms with Gasteiger partial charge in [0.05, 0.1) is 19.8 Å². The molecule has 0 aliphatic carbocycles. The predicted octanol–water partition coefficient (Wildman–Crippen LogP) is 0.474. The van der Waals surface area contributed by atoms with Crippen LogP contribution in [-0.4, -0.2) is 53.9 Å². The average molecular weight is 266 g/mol. The maximum absolute atomic E-state index is 11.9. The second-order valence-corrected chi connectivity index (χ2v) is 4.28. The van der Waals surface area contributed by atoms with E-state index in [9.17, 15) is 4.79 Å². The molecule has 0 fully saturated rings. The first-order chi connectivity index (χ1) is 9.21. The van der Waals surface area contributed by atoms with Crippen molar-refractivity contribution in [1.82, 2.24) is 4.90 Å². The Kier molecular flexibility index (Phi) is 7.10. The molecule has 3 N–H and O–H groups in total. The molecule has 1 rings (SSSR count). The van der Waals surface area contributed by atoms with Gasteiger partial charge in [0.1, 0.15) is 0 Å². The Morgan fingerprint density at radius 3 is 2.42 bits per heavy atom. The van der Waals surface area contributed by atoms with Crippen LogP contribution in [0, 0.1) is 0 Å². The van der Waals surface area contributed by atoms with Gasteiger partial charge in [0.2, 0.25) is 5.91 Å². The minimum atomic E-state index is -0.136. The standard InChI is InChI=1S/C14H22N2O3/c1-2-12-5-3-4-6-13(12)15-14(19)11-16(7-9-17)8-10-18/h3-6,17-18H,2,7-11H2,1H3,(H,15,19). The molecule has 1 aromatic carbocycles. The molecule has 0 unspecified atom stereocenters. The van der Waals surface area contributed by atoms with Gasteiger partial charge in [0.15, 0.2) is 0 Å². The number of anilines is 1. The van der Waals surface area contributed by atoms with E-state index in [4.69, 9.17) is 10.2 Å². The van der Waals surface area contributed by atoms with Crippen LogP contribution in [0.25, 0.3) is 0 Å². The molecule has 0 bridgehead atoms. The van der Waals surface area contributed by atoms with E-state index in [2.05, 4.69) is 5.32 Å². The van der Waals surface area contributed by atoms with Crippen molar-refractivity contribution < 1.29 is 15.0 Å². The minimum absolute atomic E-state index is 0.0289. The van der Waals surface area contributed by atoms with Gasteiger partial charge in [-0.15, -0.1) is 0 Å². The van der Waals surface area contributed by atoms with E-state index >= 15 is 0 Å². The molecule has 0 spiro atoms. The molecule has 5 nitrogen and oxygen atoms in total. The number of benzene rings is 1. The van der Waals surface area contributed by atoms with Crippen molar-refractivity contribution in [2.24, 2.45) is 0 Å². The molecule has 0 aliphatic rings. The summed E-state index contributed by atoms with van der Waals surface area (Å²) in [4.78, 5) is 13.6.